The van der Waals surface area contributed by atoms with Gasteiger partial charge in [0.1, 0.15) is 22.3 Å². The Labute approximate surface area is 252 Å². The number of thiazole rings is 1. The number of aromatic nitrogens is 4. The molecule has 0 saturated carbocycles. The Bertz CT molecular complexity index is 1840. The normalized spacial score (nSPS) is 12.3. The number of hydrogen-bond acceptors (Lipinski definition) is 8. The monoisotopic (exact) mass is 623 g/mol. The van der Waals surface area contributed by atoms with Gasteiger partial charge >= 0.3 is 18.3 Å². The van der Waals surface area contributed by atoms with E-state index in [9.17, 15) is 22.8 Å². The molecule has 226 valence electrons. The fraction of sp³-hybridized carbons (Fsp3) is 0.167. The molecule has 0 radical (unpaired) electrons. The second kappa shape index (κ2) is 12.2. The SMILES string of the molecule is Cc1cc(OC(F)(F)F)ccc1N1CCc2c(-n3ccc(-c4nccs4)n3)ccnc21.Cc1ccc(C(=O)O)cc1C(=O)O. The van der Waals surface area contributed by atoms with Crippen LogP contribution in [0.1, 0.15) is 37.4 Å². The molecular formula is C30H24F3N5O5S. The number of anilines is 2. The number of pyridine rings is 1. The number of aromatic carboxylic acids is 2. The summed E-state index contributed by atoms with van der Waals surface area (Å²) in [6.45, 7) is 4.05. The Hall–Kier alpha value is -5.24. The molecule has 5 aromatic rings. The summed E-state index contributed by atoms with van der Waals surface area (Å²) in [5.41, 5.74) is 4.79. The van der Waals surface area contributed by atoms with Gasteiger partial charge in [-0.15, -0.1) is 24.5 Å². The van der Waals surface area contributed by atoms with E-state index in [1.807, 2.05) is 33.3 Å². The number of alkyl halides is 3. The van der Waals surface area contributed by atoms with E-state index in [1.165, 1.54) is 35.6 Å². The minimum absolute atomic E-state index is 0.0111. The summed E-state index contributed by atoms with van der Waals surface area (Å²) in [6, 6.07) is 12.2. The first-order valence-electron chi connectivity index (χ1n) is 13.1. The average molecular weight is 624 g/mol. The number of aryl methyl sites for hydroxylation is 2. The predicted octanol–water partition coefficient (Wildman–Crippen LogP) is 6.68. The number of nitrogens with zero attached hydrogens (tertiary/aromatic N) is 5. The third-order valence-electron chi connectivity index (χ3n) is 6.74. The summed E-state index contributed by atoms with van der Waals surface area (Å²) in [4.78, 5) is 32.0. The van der Waals surface area contributed by atoms with Gasteiger partial charge in [-0.1, -0.05) is 6.07 Å². The molecule has 0 atom stereocenters. The zero-order chi connectivity index (χ0) is 31.6. The zero-order valence-corrected chi connectivity index (χ0v) is 24.1. The fourth-order valence-corrected chi connectivity index (χ4v) is 5.36. The number of hydrogen-bond donors (Lipinski definition) is 2. The molecule has 0 aliphatic carbocycles. The fourth-order valence-electron chi connectivity index (χ4n) is 4.76. The lowest BCUT2D eigenvalue weighted by molar-refractivity contribution is -0.274. The summed E-state index contributed by atoms with van der Waals surface area (Å²) in [5, 5.41) is 24.7. The molecule has 44 heavy (non-hydrogen) atoms. The highest BCUT2D eigenvalue weighted by Gasteiger charge is 2.32. The molecule has 0 bridgehead atoms. The van der Waals surface area contributed by atoms with E-state index in [0.29, 0.717) is 17.7 Å². The molecule has 1 aliphatic heterocycles. The number of carboxylic acids is 2. The van der Waals surface area contributed by atoms with Crippen LogP contribution < -0.4 is 9.64 Å². The molecule has 1 aliphatic rings. The second-order valence-corrected chi connectivity index (χ2v) is 10.5. The first kappa shape index (κ1) is 30.2. The van der Waals surface area contributed by atoms with Gasteiger partial charge in [0, 0.05) is 41.8 Å². The van der Waals surface area contributed by atoms with E-state index >= 15 is 0 Å². The van der Waals surface area contributed by atoms with Gasteiger partial charge in [-0.05, 0) is 73.9 Å². The molecular weight excluding hydrogens is 599 g/mol. The Morgan fingerprint density at radius 2 is 1.73 bits per heavy atom. The highest BCUT2D eigenvalue weighted by Crippen LogP contribution is 2.39. The van der Waals surface area contributed by atoms with Crippen LogP contribution in [-0.2, 0) is 6.42 Å². The summed E-state index contributed by atoms with van der Waals surface area (Å²) >= 11 is 1.53. The maximum Gasteiger partial charge on any atom is 0.573 e. The first-order chi connectivity index (χ1) is 20.9. The van der Waals surface area contributed by atoms with E-state index < -0.39 is 18.3 Å². The molecule has 0 fully saturated rings. The number of carboxylic acid groups (broad SMARTS) is 2. The smallest absolute Gasteiger partial charge is 0.478 e. The van der Waals surface area contributed by atoms with Crippen molar-refractivity contribution in [2.24, 2.45) is 0 Å². The van der Waals surface area contributed by atoms with Crippen LogP contribution in [0.2, 0.25) is 0 Å². The first-order valence-corrected chi connectivity index (χ1v) is 13.9. The van der Waals surface area contributed by atoms with Gasteiger partial charge in [-0.25, -0.2) is 24.2 Å². The van der Waals surface area contributed by atoms with Crippen LogP contribution in [0.4, 0.5) is 24.7 Å². The van der Waals surface area contributed by atoms with E-state index in [-0.39, 0.29) is 16.9 Å². The molecule has 6 rings (SSSR count). The maximum absolute atomic E-state index is 12.5. The van der Waals surface area contributed by atoms with Crippen molar-refractivity contribution in [3.05, 3.63) is 100 Å². The zero-order valence-electron chi connectivity index (χ0n) is 23.2. The minimum atomic E-state index is -4.72. The highest BCUT2D eigenvalue weighted by molar-refractivity contribution is 7.13. The third kappa shape index (κ3) is 6.54. The molecule has 4 heterocycles. The van der Waals surface area contributed by atoms with Gasteiger partial charge in [0.15, 0.2) is 0 Å². The molecule has 0 saturated heterocycles. The van der Waals surface area contributed by atoms with Gasteiger partial charge in [0.2, 0.25) is 0 Å². The van der Waals surface area contributed by atoms with Crippen LogP contribution in [0.15, 0.2) is 72.5 Å². The van der Waals surface area contributed by atoms with Crippen LogP contribution in [0.3, 0.4) is 0 Å². The summed E-state index contributed by atoms with van der Waals surface area (Å²) < 4.78 is 43.4. The average Bonchev–Trinajstić information content (AvgIpc) is 3.73. The largest absolute Gasteiger partial charge is 0.573 e. The van der Waals surface area contributed by atoms with Crippen molar-refractivity contribution in [1.82, 2.24) is 19.7 Å². The molecule has 0 amide bonds. The highest BCUT2D eigenvalue weighted by atomic mass is 32.1. The maximum atomic E-state index is 12.5. The molecule has 14 heteroatoms. The Balaban J connectivity index is 0.000000249. The number of rotatable bonds is 6. The van der Waals surface area contributed by atoms with Crippen molar-refractivity contribution in [2.75, 3.05) is 11.4 Å². The molecule has 0 unspecified atom stereocenters. The number of benzene rings is 2. The van der Waals surface area contributed by atoms with Crippen molar-refractivity contribution in [1.29, 1.82) is 0 Å². The standard InChI is InChI=1S/C21H16F3N5OS.C9H8O4/c1-13-12-14(30-21(22,23)24)2-3-17(13)28-9-5-15-18(4-7-25-19(15)28)29-10-6-16(27-29)20-26-8-11-31-20;1-5-2-3-6(8(10)11)4-7(5)9(12)13/h2-4,6-8,10-12H,5,9H2,1H3;2-4H,1H3,(H,10,11)(H,12,13). The van der Waals surface area contributed by atoms with Gasteiger partial charge < -0.3 is 19.8 Å². The third-order valence-corrected chi connectivity index (χ3v) is 7.54. The van der Waals surface area contributed by atoms with Crippen LogP contribution >= 0.6 is 11.3 Å². The van der Waals surface area contributed by atoms with Gasteiger partial charge in [-0.2, -0.15) is 5.10 Å². The Morgan fingerprint density at radius 1 is 0.932 bits per heavy atom. The van der Waals surface area contributed by atoms with Crippen LogP contribution in [0, 0.1) is 13.8 Å². The van der Waals surface area contributed by atoms with Crippen molar-refractivity contribution in [3.63, 3.8) is 0 Å². The van der Waals surface area contributed by atoms with Gasteiger partial charge in [-0.3, -0.25) is 0 Å². The van der Waals surface area contributed by atoms with E-state index in [4.69, 9.17) is 10.2 Å². The van der Waals surface area contributed by atoms with Crippen LogP contribution in [0.25, 0.3) is 16.4 Å². The van der Waals surface area contributed by atoms with Crippen molar-refractivity contribution < 1.29 is 37.7 Å². The summed E-state index contributed by atoms with van der Waals surface area (Å²) in [7, 11) is 0. The topological polar surface area (TPSA) is 131 Å². The molecule has 2 aromatic carbocycles. The lowest BCUT2D eigenvalue weighted by Crippen LogP contribution is -2.18. The lowest BCUT2D eigenvalue weighted by Gasteiger charge is -2.21. The van der Waals surface area contributed by atoms with Crippen molar-refractivity contribution >= 4 is 34.8 Å². The number of halogens is 3. The molecule has 2 N–H and O–H groups in total. The van der Waals surface area contributed by atoms with E-state index in [0.717, 1.165) is 45.9 Å². The van der Waals surface area contributed by atoms with Gasteiger partial charge in [0.05, 0.1) is 16.8 Å². The van der Waals surface area contributed by atoms with Gasteiger partial charge in [0.25, 0.3) is 0 Å². The van der Waals surface area contributed by atoms with Crippen molar-refractivity contribution in [3.8, 4) is 22.1 Å². The number of ether oxygens (including phenoxy) is 1. The summed E-state index contributed by atoms with van der Waals surface area (Å²) in [6.07, 6.45) is 1.38. The lowest BCUT2D eigenvalue weighted by atomic mass is 10.1. The molecule has 3 aromatic heterocycles. The number of carbonyl (C=O) groups is 2. The van der Waals surface area contributed by atoms with E-state index in [1.54, 1.807) is 32.3 Å². The second-order valence-electron chi connectivity index (χ2n) is 9.65. The summed E-state index contributed by atoms with van der Waals surface area (Å²) in [5.74, 6) is -1.69. The van der Waals surface area contributed by atoms with Crippen LogP contribution in [-0.4, -0.2) is 54.8 Å². The number of fused-ring (bicyclic) bond motifs is 1. The van der Waals surface area contributed by atoms with Crippen LogP contribution in [0.5, 0.6) is 5.75 Å². The molecule has 0 spiro atoms. The van der Waals surface area contributed by atoms with Crippen molar-refractivity contribution in [2.45, 2.75) is 26.6 Å². The Kier molecular flexibility index (Phi) is 8.36. The quantitative estimate of drug-likeness (QED) is 0.213. The van der Waals surface area contributed by atoms with E-state index in [2.05, 4.69) is 19.8 Å². The predicted molar refractivity (Wildman–Crippen MR) is 156 cm³/mol. The molecule has 10 nitrogen and oxygen atoms in total. The Morgan fingerprint density at radius 3 is 2.39 bits per heavy atom. The minimum Gasteiger partial charge on any atom is -0.478 e.